The molecule has 3 rings (SSSR count). The van der Waals surface area contributed by atoms with E-state index in [0.29, 0.717) is 24.7 Å². The van der Waals surface area contributed by atoms with Crippen molar-refractivity contribution in [3.05, 3.63) is 35.4 Å². The van der Waals surface area contributed by atoms with Gasteiger partial charge in [0.1, 0.15) is 6.04 Å². The van der Waals surface area contributed by atoms with Gasteiger partial charge in [0.05, 0.1) is 6.04 Å². The molecule has 2 N–H and O–H groups in total. The van der Waals surface area contributed by atoms with Gasteiger partial charge >= 0.3 is 0 Å². The van der Waals surface area contributed by atoms with E-state index < -0.39 is 0 Å². The highest BCUT2D eigenvalue weighted by Gasteiger charge is 2.36. The highest BCUT2D eigenvalue weighted by Crippen LogP contribution is 2.41. The van der Waals surface area contributed by atoms with E-state index in [1.807, 2.05) is 0 Å². The molecule has 0 bridgehead atoms. The summed E-state index contributed by atoms with van der Waals surface area (Å²) < 4.78 is 0. The van der Waals surface area contributed by atoms with Gasteiger partial charge < -0.3 is 10.6 Å². The van der Waals surface area contributed by atoms with Crippen LogP contribution in [-0.2, 0) is 16.0 Å². The fraction of sp³-hybridized carbons (Fsp3) is 0.579. The number of amides is 2. The highest BCUT2D eigenvalue weighted by molar-refractivity contribution is 5.91. The molecule has 4 nitrogen and oxygen atoms in total. The minimum Gasteiger partial charge on any atom is -0.347 e. The van der Waals surface area contributed by atoms with Crippen molar-refractivity contribution in [3.63, 3.8) is 0 Å². The molecule has 1 aliphatic heterocycles. The summed E-state index contributed by atoms with van der Waals surface area (Å²) in [6.45, 7) is 4.44. The van der Waals surface area contributed by atoms with Crippen LogP contribution < -0.4 is 10.6 Å². The number of carbonyl (C=O) groups excluding carboxylic acids is 2. The summed E-state index contributed by atoms with van der Waals surface area (Å²) in [7, 11) is 0. The molecule has 1 aromatic rings. The van der Waals surface area contributed by atoms with Crippen molar-refractivity contribution in [1.29, 1.82) is 0 Å². The number of hydrogen-bond acceptors (Lipinski definition) is 2. The highest BCUT2D eigenvalue weighted by atomic mass is 16.2. The van der Waals surface area contributed by atoms with Crippen LogP contribution in [0.3, 0.4) is 0 Å². The third kappa shape index (κ3) is 4.12. The summed E-state index contributed by atoms with van der Waals surface area (Å²) in [4.78, 5) is 23.7. The lowest BCUT2D eigenvalue weighted by Crippen LogP contribution is -2.43. The molecule has 4 heteroatoms. The Bertz CT molecular complexity index is 576. The molecule has 2 aliphatic rings. The first kappa shape index (κ1) is 16.0. The SMILES string of the molecule is CC(C)Cc1ccc(C(NC(=O)C2CCC(=O)N2)C2CC2)cc1. The Hall–Kier alpha value is -1.84. The van der Waals surface area contributed by atoms with Crippen molar-refractivity contribution in [1.82, 2.24) is 10.6 Å². The van der Waals surface area contributed by atoms with Crippen LogP contribution in [0, 0.1) is 11.8 Å². The molecule has 23 heavy (non-hydrogen) atoms. The second kappa shape index (κ2) is 6.73. The monoisotopic (exact) mass is 314 g/mol. The lowest BCUT2D eigenvalue weighted by atomic mass is 9.97. The standard InChI is InChI=1S/C19H26N2O2/c1-12(2)11-13-3-5-14(6-4-13)18(15-7-8-15)21-19(23)16-9-10-17(22)20-16/h3-6,12,15-16,18H,7-11H2,1-2H3,(H,20,22)(H,21,23). The Morgan fingerprint density at radius 2 is 1.91 bits per heavy atom. The van der Waals surface area contributed by atoms with Crippen LogP contribution in [0.25, 0.3) is 0 Å². The minimum atomic E-state index is -0.357. The Labute approximate surface area is 138 Å². The van der Waals surface area contributed by atoms with Crippen LogP contribution in [0.15, 0.2) is 24.3 Å². The van der Waals surface area contributed by atoms with Gasteiger partial charge in [0, 0.05) is 6.42 Å². The smallest absolute Gasteiger partial charge is 0.243 e. The van der Waals surface area contributed by atoms with Gasteiger partial charge in [0.25, 0.3) is 0 Å². The summed E-state index contributed by atoms with van der Waals surface area (Å²) >= 11 is 0. The maximum atomic E-state index is 12.4. The number of benzene rings is 1. The molecule has 2 amide bonds. The zero-order valence-electron chi connectivity index (χ0n) is 14.0. The number of hydrogen-bond donors (Lipinski definition) is 2. The maximum Gasteiger partial charge on any atom is 0.243 e. The van der Waals surface area contributed by atoms with Crippen LogP contribution >= 0.6 is 0 Å². The third-order valence-corrected chi connectivity index (χ3v) is 4.69. The Balaban J connectivity index is 1.66. The molecule has 1 saturated heterocycles. The van der Waals surface area contributed by atoms with E-state index >= 15 is 0 Å². The summed E-state index contributed by atoms with van der Waals surface area (Å²) in [5.74, 6) is 1.11. The van der Waals surface area contributed by atoms with Crippen molar-refractivity contribution in [2.45, 2.75) is 58.0 Å². The van der Waals surface area contributed by atoms with Crippen molar-refractivity contribution >= 4 is 11.8 Å². The van der Waals surface area contributed by atoms with Gasteiger partial charge in [-0.05, 0) is 48.6 Å². The molecular weight excluding hydrogens is 288 g/mol. The van der Waals surface area contributed by atoms with Crippen LogP contribution in [0.5, 0.6) is 0 Å². The largest absolute Gasteiger partial charge is 0.347 e. The van der Waals surface area contributed by atoms with Crippen molar-refractivity contribution in [2.75, 3.05) is 0 Å². The third-order valence-electron chi connectivity index (χ3n) is 4.69. The normalized spacial score (nSPS) is 22.0. The molecule has 124 valence electrons. The van der Waals surface area contributed by atoms with Gasteiger partial charge in [-0.1, -0.05) is 38.1 Å². The molecule has 1 saturated carbocycles. The molecule has 0 spiro atoms. The average Bonchev–Trinajstić information content (AvgIpc) is 3.26. The zero-order valence-corrected chi connectivity index (χ0v) is 14.0. The lowest BCUT2D eigenvalue weighted by molar-refractivity contribution is -0.126. The summed E-state index contributed by atoms with van der Waals surface area (Å²) in [6, 6.07) is 8.36. The van der Waals surface area contributed by atoms with E-state index in [9.17, 15) is 9.59 Å². The first-order chi connectivity index (χ1) is 11.0. The average molecular weight is 314 g/mol. The second-order valence-electron chi connectivity index (χ2n) is 7.32. The molecule has 2 unspecified atom stereocenters. The summed E-state index contributed by atoms with van der Waals surface area (Å²) in [6.07, 6.45) is 4.46. The summed E-state index contributed by atoms with van der Waals surface area (Å²) in [5.41, 5.74) is 2.52. The predicted octanol–water partition coefficient (Wildman–Crippen LogP) is 2.73. The zero-order chi connectivity index (χ0) is 16.4. The number of rotatable bonds is 6. The first-order valence-electron chi connectivity index (χ1n) is 8.71. The van der Waals surface area contributed by atoms with E-state index in [0.717, 1.165) is 19.3 Å². The fourth-order valence-corrected chi connectivity index (χ4v) is 3.30. The van der Waals surface area contributed by atoms with Crippen molar-refractivity contribution < 1.29 is 9.59 Å². The lowest BCUT2D eigenvalue weighted by Gasteiger charge is -2.21. The fourth-order valence-electron chi connectivity index (χ4n) is 3.30. The molecule has 1 aliphatic carbocycles. The minimum absolute atomic E-state index is 0.0221. The first-order valence-corrected chi connectivity index (χ1v) is 8.71. The van der Waals surface area contributed by atoms with Crippen molar-refractivity contribution in [2.24, 2.45) is 11.8 Å². The van der Waals surface area contributed by atoms with Gasteiger partial charge in [0.2, 0.25) is 11.8 Å². The molecule has 2 atom stereocenters. The van der Waals surface area contributed by atoms with Crippen LogP contribution in [0.1, 0.15) is 56.7 Å². The van der Waals surface area contributed by atoms with Gasteiger partial charge in [-0.25, -0.2) is 0 Å². The van der Waals surface area contributed by atoms with Crippen molar-refractivity contribution in [3.8, 4) is 0 Å². The van der Waals surface area contributed by atoms with Gasteiger partial charge in [-0.2, -0.15) is 0 Å². The molecule has 0 radical (unpaired) electrons. The molecule has 0 aromatic heterocycles. The molecule has 1 aromatic carbocycles. The van der Waals surface area contributed by atoms with E-state index in [4.69, 9.17) is 0 Å². The Morgan fingerprint density at radius 1 is 1.22 bits per heavy atom. The van der Waals surface area contributed by atoms with E-state index in [1.54, 1.807) is 0 Å². The van der Waals surface area contributed by atoms with E-state index in [-0.39, 0.29) is 23.9 Å². The summed E-state index contributed by atoms with van der Waals surface area (Å²) in [5, 5.41) is 5.91. The number of carbonyl (C=O) groups is 2. The van der Waals surface area contributed by atoms with Gasteiger partial charge in [-0.15, -0.1) is 0 Å². The van der Waals surface area contributed by atoms with Gasteiger partial charge in [0.15, 0.2) is 0 Å². The van der Waals surface area contributed by atoms with Gasteiger partial charge in [-0.3, -0.25) is 9.59 Å². The van der Waals surface area contributed by atoms with E-state index in [2.05, 4.69) is 48.7 Å². The molecule has 2 fully saturated rings. The van der Waals surface area contributed by atoms with Crippen LogP contribution in [0.2, 0.25) is 0 Å². The Morgan fingerprint density at radius 3 is 2.43 bits per heavy atom. The topological polar surface area (TPSA) is 58.2 Å². The predicted molar refractivity (Wildman–Crippen MR) is 89.8 cm³/mol. The van der Waals surface area contributed by atoms with E-state index in [1.165, 1.54) is 11.1 Å². The molecular formula is C19H26N2O2. The molecule has 1 heterocycles. The van der Waals surface area contributed by atoms with Crippen LogP contribution in [0.4, 0.5) is 0 Å². The Kier molecular flexibility index (Phi) is 4.69. The van der Waals surface area contributed by atoms with Crippen LogP contribution in [-0.4, -0.2) is 17.9 Å². The second-order valence-corrected chi connectivity index (χ2v) is 7.32. The maximum absolute atomic E-state index is 12.4. The number of nitrogens with one attached hydrogen (secondary N) is 2. The quantitative estimate of drug-likeness (QED) is 0.848.